The van der Waals surface area contributed by atoms with Gasteiger partial charge in [-0.2, -0.15) is 8.42 Å². The molecule has 1 saturated heterocycles. The van der Waals surface area contributed by atoms with Crippen LogP contribution in [0.15, 0.2) is 57.8 Å². The Morgan fingerprint density at radius 3 is 2.70 bits per heavy atom. The van der Waals surface area contributed by atoms with Crippen LogP contribution in [-0.2, 0) is 26.2 Å². The quantitative estimate of drug-likeness (QED) is 0.761. The predicted octanol–water partition coefficient (Wildman–Crippen LogP) is 2.65. The van der Waals surface area contributed by atoms with E-state index < -0.39 is 16.1 Å². The van der Waals surface area contributed by atoms with Gasteiger partial charge in [0.05, 0.1) is 0 Å². The largest absolute Gasteiger partial charge is 0.459 e. The Morgan fingerprint density at radius 2 is 1.93 bits per heavy atom. The maximum atomic E-state index is 12.7. The maximum Gasteiger partial charge on any atom is 0.329 e. The van der Waals surface area contributed by atoms with E-state index in [1.165, 1.54) is 0 Å². The van der Waals surface area contributed by atoms with Crippen LogP contribution in [0.1, 0.15) is 29.5 Å². The second-order valence-corrected chi connectivity index (χ2v) is 8.40. The summed E-state index contributed by atoms with van der Waals surface area (Å²) in [6.07, 6.45) is 1.40. The van der Waals surface area contributed by atoms with Crippen molar-refractivity contribution in [1.29, 1.82) is 0 Å². The van der Waals surface area contributed by atoms with E-state index in [9.17, 15) is 13.2 Å². The molecule has 27 heavy (non-hydrogen) atoms. The Kier molecular flexibility index (Phi) is 4.47. The minimum atomic E-state index is -3.71. The third-order valence-corrected chi connectivity index (χ3v) is 6.24. The third kappa shape index (κ3) is 3.35. The van der Waals surface area contributed by atoms with Crippen molar-refractivity contribution in [2.75, 3.05) is 6.54 Å². The fraction of sp³-hybridized carbons (Fsp3) is 0.300. The van der Waals surface area contributed by atoms with Crippen LogP contribution >= 0.6 is 0 Å². The number of ether oxygens (including phenoxy) is 1. The zero-order chi connectivity index (χ0) is 19.0. The number of benzene rings is 2. The number of fused-ring (bicyclic) bond motifs is 1. The van der Waals surface area contributed by atoms with Crippen molar-refractivity contribution < 1.29 is 17.9 Å². The molecule has 1 fully saturated rings. The molecular formula is C20H20N2O4S. The molecule has 6 nitrogen and oxygen atoms in total. The van der Waals surface area contributed by atoms with E-state index in [0.717, 1.165) is 17.5 Å². The van der Waals surface area contributed by atoms with Gasteiger partial charge in [0.25, 0.3) is 10.0 Å². The normalized spacial score (nSPS) is 20.3. The molecule has 0 aliphatic carbocycles. The van der Waals surface area contributed by atoms with Gasteiger partial charge in [-0.05, 0) is 37.5 Å². The van der Waals surface area contributed by atoms with Crippen molar-refractivity contribution in [1.82, 2.24) is 4.90 Å². The number of amidine groups is 1. The number of aryl methyl sites for hydroxylation is 1. The Labute approximate surface area is 158 Å². The Bertz CT molecular complexity index is 1010. The molecule has 0 bridgehead atoms. The van der Waals surface area contributed by atoms with Gasteiger partial charge in [0.15, 0.2) is 5.84 Å². The van der Waals surface area contributed by atoms with Gasteiger partial charge in [0, 0.05) is 12.1 Å². The first-order chi connectivity index (χ1) is 13.0. The number of esters is 1. The lowest BCUT2D eigenvalue weighted by molar-refractivity contribution is -0.149. The smallest absolute Gasteiger partial charge is 0.329 e. The number of nitrogens with zero attached hydrogens (tertiary/aromatic N) is 2. The molecule has 4 rings (SSSR count). The van der Waals surface area contributed by atoms with Gasteiger partial charge in [-0.15, -0.1) is 4.40 Å². The van der Waals surface area contributed by atoms with E-state index in [-0.39, 0.29) is 17.5 Å². The van der Waals surface area contributed by atoms with Crippen LogP contribution in [-0.4, -0.2) is 37.7 Å². The van der Waals surface area contributed by atoms with Crippen LogP contribution in [0.25, 0.3) is 0 Å². The number of carbonyl (C=O) groups is 1. The predicted molar refractivity (Wildman–Crippen MR) is 101 cm³/mol. The van der Waals surface area contributed by atoms with Gasteiger partial charge in [-0.3, -0.25) is 0 Å². The van der Waals surface area contributed by atoms with Crippen LogP contribution in [0.3, 0.4) is 0 Å². The van der Waals surface area contributed by atoms with Gasteiger partial charge < -0.3 is 9.64 Å². The molecule has 7 heteroatoms. The summed E-state index contributed by atoms with van der Waals surface area (Å²) in [5.74, 6) is -0.00191. The van der Waals surface area contributed by atoms with Crippen molar-refractivity contribution in [3.05, 3.63) is 65.2 Å². The van der Waals surface area contributed by atoms with Crippen molar-refractivity contribution in [3.63, 3.8) is 0 Å². The zero-order valence-corrected chi connectivity index (χ0v) is 15.8. The molecule has 2 aliphatic rings. The summed E-state index contributed by atoms with van der Waals surface area (Å²) in [6.45, 7) is 2.78. The number of carbonyl (C=O) groups excluding carboxylic acids is 1. The van der Waals surface area contributed by atoms with Crippen molar-refractivity contribution in [3.8, 4) is 0 Å². The van der Waals surface area contributed by atoms with Crippen LogP contribution in [0.4, 0.5) is 0 Å². The molecule has 2 heterocycles. The number of hydrogen-bond acceptors (Lipinski definition) is 5. The van der Waals surface area contributed by atoms with E-state index in [4.69, 9.17) is 4.74 Å². The minimum Gasteiger partial charge on any atom is -0.459 e. The summed E-state index contributed by atoms with van der Waals surface area (Å²) in [7, 11) is -3.71. The summed E-state index contributed by atoms with van der Waals surface area (Å²) in [4.78, 5) is 14.6. The highest BCUT2D eigenvalue weighted by Gasteiger charge is 2.39. The lowest BCUT2D eigenvalue weighted by Crippen LogP contribution is -2.41. The first kappa shape index (κ1) is 17.7. The highest BCUT2D eigenvalue weighted by Crippen LogP contribution is 2.31. The minimum absolute atomic E-state index is 0.193. The van der Waals surface area contributed by atoms with Crippen molar-refractivity contribution >= 4 is 21.8 Å². The lowest BCUT2D eigenvalue weighted by Gasteiger charge is -2.25. The Balaban J connectivity index is 1.53. The Morgan fingerprint density at radius 1 is 1.19 bits per heavy atom. The summed E-state index contributed by atoms with van der Waals surface area (Å²) < 4.78 is 34.0. The number of likely N-dealkylation sites (tertiary alicyclic amines) is 1. The van der Waals surface area contributed by atoms with Crippen LogP contribution in [0, 0.1) is 6.92 Å². The Hall–Kier alpha value is -2.67. The molecule has 0 spiro atoms. The first-order valence-electron chi connectivity index (χ1n) is 8.89. The van der Waals surface area contributed by atoms with Crippen LogP contribution in [0.2, 0.25) is 0 Å². The molecule has 0 aromatic heterocycles. The van der Waals surface area contributed by atoms with Crippen molar-refractivity contribution in [2.24, 2.45) is 4.40 Å². The molecule has 2 aromatic carbocycles. The van der Waals surface area contributed by atoms with Gasteiger partial charge in [0.2, 0.25) is 0 Å². The van der Waals surface area contributed by atoms with Crippen LogP contribution in [0.5, 0.6) is 0 Å². The van der Waals surface area contributed by atoms with E-state index in [2.05, 4.69) is 4.40 Å². The van der Waals surface area contributed by atoms with E-state index >= 15 is 0 Å². The average Bonchev–Trinajstić information content (AvgIpc) is 3.24. The summed E-state index contributed by atoms with van der Waals surface area (Å²) in [5.41, 5.74) is 2.62. The monoisotopic (exact) mass is 384 g/mol. The third-order valence-electron chi connectivity index (χ3n) is 4.91. The highest BCUT2D eigenvalue weighted by molar-refractivity contribution is 7.90. The summed E-state index contributed by atoms with van der Waals surface area (Å²) >= 11 is 0. The van der Waals surface area contributed by atoms with Gasteiger partial charge in [-0.1, -0.05) is 42.0 Å². The summed E-state index contributed by atoms with van der Waals surface area (Å²) in [5, 5.41) is 0. The van der Waals surface area contributed by atoms with Gasteiger partial charge in [-0.25, -0.2) is 4.79 Å². The fourth-order valence-electron chi connectivity index (χ4n) is 3.50. The summed E-state index contributed by atoms with van der Waals surface area (Å²) in [6, 6.07) is 14.0. The van der Waals surface area contributed by atoms with E-state index in [1.54, 1.807) is 29.2 Å². The van der Waals surface area contributed by atoms with Gasteiger partial charge >= 0.3 is 5.97 Å². The van der Waals surface area contributed by atoms with E-state index in [1.807, 2.05) is 31.2 Å². The second-order valence-electron chi connectivity index (χ2n) is 6.83. The zero-order valence-electron chi connectivity index (χ0n) is 15.0. The molecule has 0 amide bonds. The standard InChI is InChI=1S/C20H20N2O4S/c1-14-8-10-15(11-9-14)13-26-20(23)17-6-4-12-22(17)19-16-5-2-3-7-18(16)27(24,25)21-19/h2-3,5,7-11,17H,4,6,12-13H2,1H3. The SMILES string of the molecule is Cc1ccc(COC(=O)C2CCCN2C2=NS(=O)(=O)c3ccccc32)cc1. The van der Waals surface area contributed by atoms with Crippen molar-refractivity contribution in [2.45, 2.75) is 37.3 Å². The lowest BCUT2D eigenvalue weighted by atomic mass is 10.1. The molecular weight excluding hydrogens is 364 g/mol. The average molecular weight is 384 g/mol. The number of hydrogen-bond donors (Lipinski definition) is 0. The van der Waals surface area contributed by atoms with Gasteiger partial charge in [0.1, 0.15) is 17.5 Å². The molecule has 0 saturated carbocycles. The molecule has 2 aliphatic heterocycles. The topological polar surface area (TPSA) is 76.0 Å². The van der Waals surface area contributed by atoms with Crippen LogP contribution < -0.4 is 0 Å². The molecule has 140 valence electrons. The molecule has 0 N–H and O–H groups in total. The number of rotatable bonds is 3. The first-order valence-corrected chi connectivity index (χ1v) is 10.3. The number of sulfonamides is 1. The molecule has 1 atom stereocenters. The molecule has 2 aromatic rings. The second kappa shape index (κ2) is 6.81. The van der Waals surface area contributed by atoms with E-state index in [0.29, 0.717) is 24.4 Å². The molecule has 0 radical (unpaired) electrons. The fourth-order valence-corrected chi connectivity index (χ4v) is 4.71. The highest BCUT2D eigenvalue weighted by atomic mass is 32.2. The molecule has 1 unspecified atom stereocenters. The maximum absolute atomic E-state index is 12.7.